The van der Waals surface area contributed by atoms with E-state index >= 15 is 0 Å². The second-order valence-corrected chi connectivity index (χ2v) is 4.06. The molecule has 108 valence electrons. The number of aryl methyl sites for hydroxylation is 1. The maximum absolute atomic E-state index is 11.4. The number of hydrogen-bond donors (Lipinski definition) is 0. The Kier molecular flexibility index (Phi) is 4.07. The predicted molar refractivity (Wildman–Crippen MR) is 71.3 cm³/mol. The van der Waals surface area contributed by atoms with Crippen LogP contribution in [-0.4, -0.2) is 28.0 Å². The lowest BCUT2D eigenvalue weighted by molar-refractivity contribution is -0.385. The van der Waals surface area contributed by atoms with E-state index in [2.05, 4.69) is 14.7 Å². The average Bonchev–Trinajstić information content (AvgIpc) is 2.46. The fourth-order valence-corrected chi connectivity index (χ4v) is 1.57. The van der Waals surface area contributed by atoms with Crippen LogP contribution in [-0.2, 0) is 4.74 Å². The summed E-state index contributed by atoms with van der Waals surface area (Å²) in [5, 5.41) is 11.0. The largest absolute Gasteiger partial charge is 0.464 e. The van der Waals surface area contributed by atoms with Crippen LogP contribution in [0.3, 0.4) is 0 Å². The van der Waals surface area contributed by atoms with E-state index in [4.69, 9.17) is 4.74 Å². The predicted octanol–water partition coefficient (Wildman–Crippen LogP) is 2.27. The molecule has 0 saturated heterocycles. The lowest BCUT2D eigenvalue weighted by Gasteiger charge is -2.06. The number of ether oxygens (including phenoxy) is 2. The van der Waals surface area contributed by atoms with Gasteiger partial charge in [0.1, 0.15) is 0 Å². The molecule has 8 nitrogen and oxygen atoms in total. The highest BCUT2D eigenvalue weighted by molar-refractivity contribution is 5.86. The molecule has 0 atom stereocenters. The summed E-state index contributed by atoms with van der Waals surface area (Å²) in [7, 11) is 1.21. The monoisotopic (exact) mass is 289 g/mol. The van der Waals surface area contributed by atoms with Crippen molar-refractivity contribution in [3.05, 3.63) is 52.0 Å². The number of rotatable bonds is 4. The number of benzene rings is 1. The van der Waals surface area contributed by atoms with Gasteiger partial charge in [-0.25, -0.2) is 9.78 Å². The molecule has 0 unspecified atom stereocenters. The van der Waals surface area contributed by atoms with Crippen LogP contribution in [0.5, 0.6) is 11.6 Å². The van der Waals surface area contributed by atoms with Crippen LogP contribution in [0.25, 0.3) is 0 Å². The molecule has 0 aliphatic carbocycles. The summed E-state index contributed by atoms with van der Waals surface area (Å²) >= 11 is 0. The van der Waals surface area contributed by atoms with Crippen LogP contribution in [0.1, 0.15) is 16.1 Å². The molecule has 0 saturated carbocycles. The van der Waals surface area contributed by atoms with Crippen LogP contribution in [0, 0.1) is 17.0 Å². The molecule has 1 heterocycles. The fourth-order valence-electron chi connectivity index (χ4n) is 1.57. The molecule has 0 aliphatic heterocycles. The Morgan fingerprint density at radius 3 is 2.76 bits per heavy atom. The number of hydrogen-bond acceptors (Lipinski definition) is 7. The number of carbonyl (C=O) groups is 1. The van der Waals surface area contributed by atoms with Crippen molar-refractivity contribution >= 4 is 11.7 Å². The molecule has 0 radical (unpaired) electrons. The first-order valence-electron chi connectivity index (χ1n) is 5.84. The Morgan fingerprint density at radius 1 is 1.33 bits per heavy atom. The van der Waals surface area contributed by atoms with Gasteiger partial charge in [-0.15, -0.1) is 0 Å². The second-order valence-electron chi connectivity index (χ2n) is 4.06. The first-order chi connectivity index (χ1) is 10.0. The SMILES string of the molecule is COC(=O)c1cncc(Oc2cc(C)ccc2[N+](=O)[O-])n1. The Morgan fingerprint density at radius 2 is 2.10 bits per heavy atom. The Hall–Kier alpha value is -3.03. The van der Waals surface area contributed by atoms with Crippen molar-refractivity contribution in [2.45, 2.75) is 6.92 Å². The fraction of sp³-hybridized carbons (Fsp3) is 0.154. The van der Waals surface area contributed by atoms with Crippen LogP contribution in [0.4, 0.5) is 5.69 Å². The van der Waals surface area contributed by atoms with Crippen LogP contribution in [0.15, 0.2) is 30.6 Å². The second kappa shape index (κ2) is 5.95. The minimum Gasteiger partial charge on any atom is -0.464 e. The molecule has 1 aromatic carbocycles. The van der Waals surface area contributed by atoms with Crippen LogP contribution < -0.4 is 4.74 Å². The highest BCUT2D eigenvalue weighted by atomic mass is 16.6. The highest BCUT2D eigenvalue weighted by Gasteiger charge is 2.17. The van der Waals surface area contributed by atoms with Gasteiger partial charge in [-0.05, 0) is 18.6 Å². The number of methoxy groups -OCH3 is 1. The zero-order valence-electron chi connectivity index (χ0n) is 11.3. The van der Waals surface area contributed by atoms with Gasteiger partial charge in [0, 0.05) is 6.07 Å². The molecule has 0 fully saturated rings. The molecule has 0 amide bonds. The zero-order chi connectivity index (χ0) is 15.4. The van der Waals surface area contributed by atoms with Gasteiger partial charge in [0.2, 0.25) is 11.6 Å². The molecule has 1 aromatic heterocycles. The molecule has 0 aliphatic rings. The quantitative estimate of drug-likeness (QED) is 0.483. The molecule has 0 bridgehead atoms. The van der Waals surface area contributed by atoms with E-state index < -0.39 is 10.9 Å². The summed E-state index contributed by atoms with van der Waals surface area (Å²) in [6.07, 6.45) is 2.46. The summed E-state index contributed by atoms with van der Waals surface area (Å²) in [5.41, 5.74) is 0.531. The molecule has 0 N–H and O–H groups in total. The smallest absolute Gasteiger partial charge is 0.358 e. The van der Waals surface area contributed by atoms with Gasteiger partial charge < -0.3 is 9.47 Å². The third-order valence-electron chi connectivity index (χ3n) is 2.53. The summed E-state index contributed by atoms with van der Waals surface area (Å²) in [6.45, 7) is 1.77. The van der Waals surface area contributed by atoms with E-state index in [0.717, 1.165) is 5.56 Å². The van der Waals surface area contributed by atoms with Crippen molar-refractivity contribution in [2.75, 3.05) is 7.11 Å². The van der Waals surface area contributed by atoms with Gasteiger partial charge in [0.15, 0.2) is 5.69 Å². The molecule has 8 heteroatoms. The zero-order valence-corrected chi connectivity index (χ0v) is 11.3. The molecule has 2 rings (SSSR count). The van der Waals surface area contributed by atoms with Crippen molar-refractivity contribution in [3.8, 4) is 11.6 Å². The standard InChI is InChI=1S/C13H11N3O5/c1-8-3-4-10(16(18)19)11(5-8)21-12-7-14-6-9(15-12)13(17)20-2/h3-7H,1-2H3. The number of esters is 1. The van der Waals surface area contributed by atoms with Gasteiger partial charge in [-0.1, -0.05) is 6.07 Å². The molecule has 2 aromatic rings. The first-order valence-corrected chi connectivity index (χ1v) is 5.84. The first kappa shape index (κ1) is 14.4. The molecule has 21 heavy (non-hydrogen) atoms. The number of nitro benzene ring substituents is 1. The number of nitro groups is 1. The summed E-state index contributed by atoms with van der Waals surface area (Å²) in [4.78, 5) is 29.4. The lowest BCUT2D eigenvalue weighted by Crippen LogP contribution is -2.05. The van der Waals surface area contributed by atoms with Crippen molar-refractivity contribution in [3.63, 3.8) is 0 Å². The number of nitrogens with zero attached hydrogens (tertiary/aromatic N) is 3. The maximum Gasteiger partial charge on any atom is 0.358 e. The van der Waals surface area contributed by atoms with E-state index in [-0.39, 0.29) is 23.0 Å². The van der Waals surface area contributed by atoms with Crippen molar-refractivity contribution in [1.29, 1.82) is 0 Å². The Bertz CT molecular complexity index is 702. The van der Waals surface area contributed by atoms with E-state index in [9.17, 15) is 14.9 Å². The van der Waals surface area contributed by atoms with E-state index in [1.807, 2.05) is 0 Å². The van der Waals surface area contributed by atoms with E-state index in [1.165, 1.54) is 31.6 Å². The minimum atomic E-state index is -0.674. The van der Waals surface area contributed by atoms with Crippen molar-refractivity contribution in [2.24, 2.45) is 0 Å². The summed E-state index contributed by atoms with van der Waals surface area (Å²) in [5.74, 6) is -0.686. The van der Waals surface area contributed by atoms with Gasteiger partial charge in [-0.3, -0.25) is 15.1 Å². The molecular formula is C13H11N3O5. The van der Waals surface area contributed by atoms with Gasteiger partial charge in [0.05, 0.1) is 24.4 Å². The van der Waals surface area contributed by atoms with Crippen LogP contribution >= 0.6 is 0 Å². The van der Waals surface area contributed by atoms with Gasteiger partial charge in [-0.2, -0.15) is 0 Å². The third kappa shape index (κ3) is 3.30. The summed E-state index contributed by atoms with van der Waals surface area (Å²) < 4.78 is 9.88. The normalized spacial score (nSPS) is 10.0. The average molecular weight is 289 g/mol. The maximum atomic E-state index is 11.4. The third-order valence-corrected chi connectivity index (χ3v) is 2.53. The van der Waals surface area contributed by atoms with E-state index in [0.29, 0.717) is 0 Å². The lowest BCUT2D eigenvalue weighted by atomic mass is 10.2. The van der Waals surface area contributed by atoms with Crippen molar-refractivity contribution < 1.29 is 19.2 Å². The molecular weight excluding hydrogens is 278 g/mol. The topological polar surface area (TPSA) is 104 Å². The summed E-state index contributed by atoms with van der Waals surface area (Å²) in [6, 6.07) is 4.44. The van der Waals surface area contributed by atoms with Crippen molar-refractivity contribution in [1.82, 2.24) is 9.97 Å². The number of carbonyl (C=O) groups excluding carboxylic acids is 1. The Balaban J connectivity index is 2.36. The van der Waals surface area contributed by atoms with E-state index in [1.54, 1.807) is 13.0 Å². The van der Waals surface area contributed by atoms with Gasteiger partial charge >= 0.3 is 11.7 Å². The number of aromatic nitrogens is 2. The Labute approximate surface area is 119 Å². The molecule has 0 spiro atoms. The van der Waals surface area contributed by atoms with Crippen LogP contribution in [0.2, 0.25) is 0 Å². The van der Waals surface area contributed by atoms with Gasteiger partial charge in [0.25, 0.3) is 0 Å². The highest BCUT2D eigenvalue weighted by Crippen LogP contribution is 2.31. The minimum absolute atomic E-state index is 0.0244.